The van der Waals surface area contributed by atoms with Crippen LogP contribution in [0.25, 0.3) is 0 Å². The van der Waals surface area contributed by atoms with E-state index >= 15 is 0 Å². The van der Waals surface area contributed by atoms with Gasteiger partial charge in [-0.15, -0.1) is 0 Å². The first-order chi connectivity index (χ1) is 23.7. The van der Waals surface area contributed by atoms with Crippen LogP contribution in [0.4, 0.5) is 4.79 Å². The number of rotatable bonds is 10. The molecule has 3 heterocycles. The summed E-state index contributed by atoms with van der Waals surface area (Å²) >= 11 is 0. The maximum Gasteiger partial charge on any atom is 0.336 e. The van der Waals surface area contributed by atoms with Crippen molar-refractivity contribution in [3.63, 3.8) is 0 Å². The molecule has 0 saturated carbocycles. The third kappa shape index (κ3) is 9.28. The first-order valence-corrected chi connectivity index (χ1v) is 17.5. The van der Waals surface area contributed by atoms with Crippen molar-refractivity contribution >= 4 is 23.8 Å². The molecular weight excluding hydrogens is 664 g/mol. The number of likely N-dealkylation sites (tertiary alicyclic amines) is 1. The number of aliphatic hydroxyl groups excluding tert-OH is 3. The fourth-order valence-corrected chi connectivity index (χ4v) is 7.58. The molecule has 0 aromatic heterocycles. The van der Waals surface area contributed by atoms with Gasteiger partial charge in [-0.25, -0.2) is 9.59 Å². The normalized spacial score (nSPS) is 28.7. The molecule has 3 fully saturated rings. The summed E-state index contributed by atoms with van der Waals surface area (Å²) in [5.74, 6) is -2.47. The molecule has 1 spiro atoms. The number of piperazine rings is 1. The van der Waals surface area contributed by atoms with Gasteiger partial charge in [-0.3, -0.25) is 14.5 Å². The number of carboxylic acids is 1. The lowest BCUT2D eigenvalue weighted by molar-refractivity contribution is -0.230. The molecule has 286 valence electrons. The summed E-state index contributed by atoms with van der Waals surface area (Å²) in [6, 6.07) is 1.52. The number of nitrogens with zero attached hydrogens (tertiary/aromatic N) is 3. The number of benzene rings is 1. The summed E-state index contributed by atoms with van der Waals surface area (Å²) in [6.45, 7) is 12.9. The number of hydrogen-bond donors (Lipinski definition) is 8. The van der Waals surface area contributed by atoms with Crippen LogP contribution in [0.15, 0.2) is 12.1 Å². The Morgan fingerprint density at radius 2 is 1.71 bits per heavy atom. The van der Waals surface area contributed by atoms with Crippen LogP contribution in [0.1, 0.15) is 68.4 Å². The number of urea groups is 1. The number of aromatic hydroxyl groups is 1. The molecule has 16 nitrogen and oxygen atoms in total. The molecule has 3 aliphatic heterocycles. The van der Waals surface area contributed by atoms with E-state index in [0.717, 1.165) is 0 Å². The van der Waals surface area contributed by atoms with Crippen molar-refractivity contribution in [2.45, 2.75) is 108 Å². The van der Waals surface area contributed by atoms with Gasteiger partial charge in [-0.05, 0) is 71.3 Å². The Kier molecular flexibility index (Phi) is 12.3. The molecule has 8 N–H and O–H groups in total. The van der Waals surface area contributed by atoms with E-state index in [1.165, 1.54) is 19.1 Å². The lowest BCUT2D eigenvalue weighted by Gasteiger charge is -2.51. The van der Waals surface area contributed by atoms with Crippen LogP contribution in [0.2, 0.25) is 0 Å². The predicted octanol–water partition coefficient (Wildman–Crippen LogP) is -0.471. The summed E-state index contributed by atoms with van der Waals surface area (Å²) in [6.07, 6.45) is -6.37. The summed E-state index contributed by atoms with van der Waals surface area (Å²) < 4.78 is 6.18. The number of carbonyl (C=O) groups is 4. The van der Waals surface area contributed by atoms with E-state index in [0.29, 0.717) is 50.3 Å². The number of hydrogen-bond acceptors (Lipinski definition) is 11. The molecule has 16 heteroatoms. The second kappa shape index (κ2) is 15.6. The van der Waals surface area contributed by atoms with E-state index in [1.807, 2.05) is 27.8 Å². The highest BCUT2D eigenvalue weighted by molar-refractivity contribution is 5.95. The third-order valence-electron chi connectivity index (χ3n) is 10.3. The fraction of sp³-hybridized carbons (Fsp3) is 0.714. The van der Waals surface area contributed by atoms with Crippen LogP contribution in [-0.4, -0.2) is 164 Å². The molecule has 7 atom stereocenters. The van der Waals surface area contributed by atoms with Crippen LogP contribution in [0.5, 0.6) is 5.75 Å². The molecule has 4 rings (SSSR count). The van der Waals surface area contributed by atoms with Gasteiger partial charge in [0.05, 0.1) is 23.8 Å². The standard InChI is InChI=1S/C35H56N6O10/c1-20-14-23(15-21(2)27(20)45)30(47)36-17-25(44)28(46)29-26(37-22(3)42)24(43)16-35(51-29,31(48)49)9-11-41-13-12-39(7)18-34(41)8-10-40(19-34)32(50)38-33(4,5)6/h14-15,24-26,28-29,43-46H,8-13,16-19H2,1-7H3,(H,36,47)(H,37,42)(H,38,50)(H,48,49)/t24-,25+,26+,28+,29+,34+,35+/m0/s1. The van der Waals surface area contributed by atoms with E-state index in [-0.39, 0.29) is 30.3 Å². The van der Waals surface area contributed by atoms with Crippen molar-refractivity contribution in [2.75, 3.05) is 52.9 Å². The number of phenols is 1. The molecule has 1 aromatic carbocycles. The number of nitrogens with one attached hydrogen (secondary N) is 3. The maximum atomic E-state index is 13.1. The Bertz CT molecular complexity index is 1450. The van der Waals surface area contributed by atoms with Crippen LogP contribution in [0, 0.1) is 13.8 Å². The number of aliphatic hydroxyl groups is 3. The number of carbonyl (C=O) groups excluding carboxylic acids is 3. The maximum absolute atomic E-state index is 13.1. The number of carboxylic acid groups (broad SMARTS) is 1. The minimum atomic E-state index is -2.00. The molecule has 3 saturated heterocycles. The molecule has 0 unspecified atom stereocenters. The minimum absolute atomic E-state index is 0.0532. The van der Waals surface area contributed by atoms with Crippen molar-refractivity contribution in [1.29, 1.82) is 0 Å². The van der Waals surface area contributed by atoms with Gasteiger partial charge >= 0.3 is 12.0 Å². The molecule has 0 bridgehead atoms. The zero-order valence-electron chi connectivity index (χ0n) is 30.7. The highest BCUT2D eigenvalue weighted by Crippen LogP contribution is 2.38. The van der Waals surface area contributed by atoms with Crippen LogP contribution >= 0.6 is 0 Å². The van der Waals surface area contributed by atoms with Crippen molar-refractivity contribution < 1.29 is 49.4 Å². The van der Waals surface area contributed by atoms with Crippen molar-refractivity contribution in [1.82, 2.24) is 30.7 Å². The molecule has 4 amide bonds. The first kappa shape index (κ1) is 40.2. The molecule has 51 heavy (non-hydrogen) atoms. The summed E-state index contributed by atoms with van der Waals surface area (Å²) in [4.78, 5) is 57.2. The predicted molar refractivity (Wildman–Crippen MR) is 186 cm³/mol. The highest BCUT2D eigenvalue weighted by atomic mass is 16.6. The third-order valence-corrected chi connectivity index (χ3v) is 10.3. The summed E-state index contributed by atoms with van der Waals surface area (Å²) in [7, 11) is 2.00. The largest absolute Gasteiger partial charge is 0.507 e. The second-order valence-electron chi connectivity index (χ2n) is 15.7. The number of likely N-dealkylation sites (N-methyl/N-ethyl adjacent to an activating group) is 1. The monoisotopic (exact) mass is 720 g/mol. The van der Waals surface area contributed by atoms with E-state index in [2.05, 4.69) is 25.8 Å². The topological polar surface area (TPSA) is 224 Å². The molecule has 3 aliphatic rings. The van der Waals surface area contributed by atoms with E-state index in [4.69, 9.17) is 4.74 Å². The summed E-state index contributed by atoms with van der Waals surface area (Å²) in [5.41, 5.74) is -1.69. The Morgan fingerprint density at radius 3 is 2.29 bits per heavy atom. The quantitative estimate of drug-likeness (QED) is 0.154. The first-order valence-electron chi connectivity index (χ1n) is 17.5. The van der Waals surface area contributed by atoms with Gasteiger partial charge in [-0.2, -0.15) is 0 Å². The second-order valence-corrected chi connectivity index (χ2v) is 15.7. The zero-order valence-corrected chi connectivity index (χ0v) is 30.7. The van der Waals surface area contributed by atoms with Crippen molar-refractivity contribution in [2.24, 2.45) is 0 Å². The average molecular weight is 721 g/mol. The van der Waals surface area contributed by atoms with Gasteiger partial charge in [0.15, 0.2) is 5.60 Å². The Balaban J connectivity index is 1.52. The number of phenolic OH excluding ortho intramolecular Hbond substituents is 1. The molecule has 0 aliphatic carbocycles. The molecule has 0 radical (unpaired) electrons. The van der Waals surface area contributed by atoms with Gasteiger partial charge < -0.3 is 56.0 Å². The zero-order chi connectivity index (χ0) is 38.1. The van der Waals surface area contributed by atoms with Gasteiger partial charge in [0, 0.05) is 76.7 Å². The van der Waals surface area contributed by atoms with Gasteiger partial charge in [0.2, 0.25) is 5.91 Å². The van der Waals surface area contributed by atoms with E-state index in [1.54, 1.807) is 18.7 Å². The lowest BCUT2D eigenvalue weighted by Crippen LogP contribution is -2.68. The van der Waals surface area contributed by atoms with Crippen LogP contribution in [-0.2, 0) is 14.3 Å². The Hall–Kier alpha value is -3.54. The van der Waals surface area contributed by atoms with Crippen molar-refractivity contribution in [3.8, 4) is 5.75 Å². The van der Waals surface area contributed by atoms with Gasteiger partial charge in [-0.1, -0.05) is 0 Å². The van der Waals surface area contributed by atoms with Gasteiger partial charge in [0.1, 0.15) is 18.0 Å². The minimum Gasteiger partial charge on any atom is -0.507 e. The summed E-state index contributed by atoms with van der Waals surface area (Å²) in [5, 5.41) is 62.4. The van der Waals surface area contributed by atoms with E-state index < -0.39 is 77.9 Å². The Morgan fingerprint density at radius 1 is 1.06 bits per heavy atom. The number of aryl methyl sites for hydroxylation is 2. The van der Waals surface area contributed by atoms with Gasteiger partial charge in [0.25, 0.3) is 5.91 Å². The molecular formula is C35H56N6O10. The van der Waals surface area contributed by atoms with E-state index in [9.17, 15) is 44.7 Å². The number of amides is 4. The SMILES string of the molecule is CC(=O)N[C@H]1[C@H]([C@H](O)[C@H](O)CNC(=O)c2cc(C)c(O)c(C)c2)O[C@@](CCN2CCN(C)C[C@@]23CCN(C(=O)NC(C)(C)C)C3)(C(=O)O)C[C@@H]1O. The highest BCUT2D eigenvalue weighted by Gasteiger charge is 2.55. The number of aliphatic carboxylic acids is 1. The molecule has 1 aromatic rings. The Labute approximate surface area is 299 Å². The lowest BCUT2D eigenvalue weighted by atomic mass is 9.81. The smallest absolute Gasteiger partial charge is 0.336 e. The van der Waals surface area contributed by atoms with Crippen LogP contribution in [0.3, 0.4) is 0 Å². The van der Waals surface area contributed by atoms with Crippen molar-refractivity contribution in [3.05, 3.63) is 28.8 Å². The fourth-order valence-electron chi connectivity index (χ4n) is 7.58. The average Bonchev–Trinajstić information content (AvgIpc) is 3.45. The number of ether oxygens (including phenoxy) is 1. The van der Waals surface area contributed by atoms with Crippen LogP contribution < -0.4 is 16.0 Å².